The Balaban J connectivity index is 2.04. The first-order chi connectivity index (χ1) is 11.8. The van der Waals surface area contributed by atoms with E-state index in [4.69, 9.17) is 33.0 Å². The molecule has 1 unspecified atom stereocenters. The van der Waals surface area contributed by atoms with Crippen molar-refractivity contribution in [1.82, 2.24) is 0 Å². The molecule has 1 N–H and O–H groups in total. The molecule has 0 radical (unpaired) electrons. The number of hydrogen-bond acceptors (Lipinski definition) is 2. The molecule has 5 heteroatoms. The highest BCUT2D eigenvalue weighted by atomic mass is 35.5. The van der Waals surface area contributed by atoms with Crippen LogP contribution in [0.3, 0.4) is 0 Å². The number of rotatable bonds is 4. The van der Waals surface area contributed by atoms with E-state index in [2.05, 4.69) is 6.58 Å². The normalized spacial score (nSPS) is 19.6. The molecular weight excluding hydrogens is 359 g/mol. The summed E-state index contributed by atoms with van der Waals surface area (Å²) in [7, 11) is 0. The number of carboxylic acids is 1. The van der Waals surface area contributed by atoms with Gasteiger partial charge in [-0.15, -0.1) is 0 Å². The molecule has 0 saturated carbocycles. The minimum Gasteiger partial charge on any atom is -0.478 e. The lowest BCUT2D eigenvalue weighted by atomic mass is 9.91. The van der Waals surface area contributed by atoms with Crippen LogP contribution in [0.5, 0.6) is 0 Å². The fourth-order valence-corrected chi connectivity index (χ4v) is 3.52. The summed E-state index contributed by atoms with van der Waals surface area (Å²) in [6.45, 7) is 6.06. The smallest absolute Gasteiger partial charge is 0.335 e. The van der Waals surface area contributed by atoms with Gasteiger partial charge in [0.05, 0.1) is 12.2 Å². The van der Waals surface area contributed by atoms with Gasteiger partial charge in [-0.05, 0) is 59.5 Å². The van der Waals surface area contributed by atoms with E-state index >= 15 is 0 Å². The van der Waals surface area contributed by atoms with Crippen LogP contribution in [-0.2, 0) is 10.3 Å². The van der Waals surface area contributed by atoms with Crippen LogP contribution in [0.2, 0.25) is 10.0 Å². The summed E-state index contributed by atoms with van der Waals surface area (Å²) < 4.78 is 6.03. The van der Waals surface area contributed by atoms with Gasteiger partial charge in [0.15, 0.2) is 0 Å². The molecule has 0 fully saturated rings. The number of hydrogen-bond donors (Lipinski definition) is 1. The molecule has 0 bridgehead atoms. The number of ether oxygens (including phenoxy) is 1. The molecule has 1 heterocycles. The van der Waals surface area contributed by atoms with Crippen molar-refractivity contribution in [3.8, 4) is 0 Å². The summed E-state index contributed by atoms with van der Waals surface area (Å²) in [6, 6.07) is 10.5. The van der Waals surface area contributed by atoms with Crippen molar-refractivity contribution >= 4 is 34.7 Å². The van der Waals surface area contributed by atoms with Gasteiger partial charge >= 0.3 is 5.97 Å². The van der Waals surface area contributed by atoms with Gasteiger partial charge in [-0.25, -0.2) is 4.79 Å². The van der Waals surface area contributed by atoms with Crippen molar-refractivity contribution in [2.24, 2.45) is 0 Å². The molecule has 2 aromatic rings. The second-order valence-electron chi connectivity index (χ2n) is 5.95. The van der Waals surface area contributed by atoms with Crippen molar-refractivity contribution < 1.29 is 14.6 Å². The second-order valence-corrected chi connectivity index (χ2v) is 6.82. The fourth-order valence-electron chi connectivity index (χ4n) is 2.99. The first kappa shape index (κ1) is 17.7. The maximum Gasteiger partial charge on any atom is 0.335 e. The Morgan fingerprint density at radius 1 is 1.24 bits per heavy atom. The maximum absolute atomic E-state index is 11.2. The number of aryl methyl sites for hydroxylation is 1. The van der Waals surface area contributed by atoms with Gasteiger partial charge in [0.2, 0.25) is 0 Å². The molecular formula is C20H16Cl2O3. The minimum atomic E-state index is -0.935. The number of benzene rings is 2. The number of halogens is 2. The van der Waals surface area contributed by atoms with E-state index in [0.717, 1.165) is 16.7 Å². The average molecular weight is 375 g/mol. The number of carboxylic acid groups (broad SMARTS) is 1. The lowest BCUT2D eigenvalue weighted by molar-refractivity contribution is 0.0657. The van der Waals surface area contributed by atoms with Crippen molar-refractivity contribution in [2.75, 3.05) is 6.61 Å². The Labute approximate surface area is 156 Å². The van der Waals surface area contributed by atoms with Gasteiger partial charge in [0.1, 0.15) is 5.60 Å². The quantitative estimate of drug-likeness (QED) is 0.719. The van der Waals surface area contributed by atoms with E-state index in [1.165, 1.54) is 0 Å². The Bertz CT molecular complexity index is 882. The van der Waals surface area contributed by atoms with Gasteiger partial charge < -0.3 is 9.84 Å². The Morgan fingerprint density at radius 2 is 1.92 bits per heavy atom. The third-order valence-corrected chi connectivity index (χ3v) is 4.74. The molecule has 0 aromatic heterocycles. The van der Waals surface area contributed by atoms with Crippen LogP contribution in [0, 0.1) is 6.92 Å². The van der Waals surface area contributed by atoms with Gasteiger partial charge in [0, 0.05) is 10.0 Å². The van der Waals surface area contributed by atoms with Crippen LogP contribution in [0.4, 0.5) is 0 Å². The summed E-state index contributed by atoms with van der Waals surface area (Å²) in [6.07, 6.45) is 3.68. The monoisotopic (exact) mass is 374 g/mol. The summed E-state index contributed by atoms with van der Waals surface area (Å²) in [4.78, 5) is 11.2. The van der Waals surface area contributed by atoms with Crippen molar-refractivity contribution in [1.29, 1.82) is 0 Å². The van der Waals surface area contributed by atoms with Gasteiger partial charge in [-0.3, -0.25) is 0 Å². The van der Waals surface area contributed by atoms with Crippen LogP contribution in [0.15, 0.2) is 55.1 Å². The Hall–Kier alpha value is -2.07. The SMILES string of the molecule is C=CC1(c2cc(Cl)cc(Cl)c2)C=C(c2ccc(C(=O)O)c(C)c2)CO1. The first-order valence-electron chi connectivity index (χ1n) is 7.65. The fraction of sp³-hybridized carbons (Fsp3) is 0.150. The highest BCUT2D eigenvalue weighted by Crippen LogP contribution is 2.40. The van der Waals surface area contributed by atoms with E-state index in [-0.39, 0.29) is 0 Å². The lowest BCUT2D eigenvalue weighted by Crippen LogP contribution is -2.20. The molecule has 3 nitrogen and oxygen atoms in total. The molecule has 0 spiro atoms. The zero-order valence-corrected chi connectivity index (χ0v) is 15.1. The molecule has 0 amide bonds. The van der Waals surface area contributed by atoms with Gasteiger partial charge in [0.25, 0.3) is 0 Å². The Morgan fingerprint density at radius 3 is 2.48 bits per heavy atom. The molecule has 1 aliphatic rings. The standard InChI is InChI=1S/C20H16Cl2O3/c1-3-20(15-7-16(21)9-17(22)8-15)10-14(11-25-20)13-4-5-18(19(23)24)12(2)6-13/h3-10H,1,11H2,2H3,(H,23,24). The van der Waals surface area contributed by atoms with Crippen LogP contribution in [0.25, 0.3) is 5.57 Å². The van der Waals surface area contributed by atoms with E-state index in [1.807, 2.05) is 12.1 Å². The van der Waals surface area contributed by atoms with Crippen molar-refractivity contribution in [2.45, 2.75) is 12.5 Å². The average Bonchev–Trinajstić information content (AvgIpc) is 2.99. The van der Waals surface area contributed by atoms with Gasteiger partial charge in [-0.1, -0.05) is 48.0 Å². The zero-order valence-electron chi connectivity index (χ0n) is 13.6. The number of aromatic carboxylic acids is 1. The molecule has 3 rings (SSSR count). The Kier molecular flexibility index (Phi) is 4.74. The van der Waals surface area contributed by atoms with Crippen LogP contribution < -0.4 is 0 Å². The first-order valence-corrected chi connectivity index (χ1v) is 8.40. The molecule has 1 aliphatic heterocycles. The maximum atomic E-state index is 11.2. The molecule has 25 heavy (non-hydrogen) atoms. The highest BCUT2D eigenvalue weighted by Gasteiger charge is 2.34. The molecule has 0 saturated heterocycles. The molecule has 2 aromatic carbocycles. The topological polar surface area (TPSA) is 46.5 Å². The molecule has 0 aliphatic carbocycles. The van der Waals surface area contributed by atoms with E-state index < -0.39 is 11.6 Å². The van der Waals surface area contributed by atoms with Crippen LogP contribution in [0.1, 0.15) is 27.0 Å². The second kappa shape index (κ2) is 6.68. The van der Waals surface area contributed by atoms with Gasteiger partial charge in [-0.2, -0.15) is 0 Å². The van der Waals surface area contributed by atoms with Crippen molar-refractivity contribution in [3.05, 3.63) is 87.4 Å². The minimum absolute atomic E-state index is 0.292. The third kappa shape index (κ3) is 3.36. The number of carbonyl (C=O) groups is 1. The summed E-state index contributed by atoms with van der Waals surface area (Å²) in [5.74, 6) is -0.935. The highest BCUT2D eigenvalue weighted by molar-refractivity contribution is 6.34. The summed E-state index contributed by atoms with van der Waals surface area (Å²) in [5, 5.41) is 10.2. The van der Waals surface area contributed by atoms with E-state index in [1.54, 1.807) is 43.3 Å². The van der Waals surface area contributed by atoms with Crippen LogP contribution in [-0.4, -0.2) is 17.7 Å². The largest absolute Gasteiger partial charge is 0.478 e. The lowest BCUT2D eigenvalue weighted by Gasteiger charge is -2.23. The summed E-state index contributed by atoms with van der Waals surface area (Å²) >= 11 is 12.2. The van der Waals surface area contributed by atoms with Crippen molar-refractivity contribution in [3.63, 3.8) is 0 Å². The zero-order chi connectivity index (χ0) is 18.2. The van der Waals surface area contributed by atoms with E-state index in [0.29, 0.717) is 27.8 Å². The van der Waals surface area contributed by atoms with E-state index in [9.17, 15) is 4.79 Å². The third-order valence-electron chi connectivity index (χ3n) is 4.30. The predicted molar refractivity (Wildman–Crippen MR) is 100 cm³/mol. The molecule has 128 valence electrons. The molecule has 1 atom stereocenters. The predicted octanol–water partition coefficient (Wildman–Crippen LogP) is 5.50. The van der Waals surface area contributed by atoms with Crippen LogP contribution >= 0.6 is 23.2 Å². The summed E-state index contributed by atoms with van der Waals surface area (Å²) in [5.41, 5.74) is 2.85.